The lowest BCUT2D eigenvalue weighted by molar-refractivity contribution is -0.136. The quantitative estimate of drug-likeness (QED) is 0.0357. The van der Waals surface area contributed by atoms with Gasteiger partial charge in [0.1, 0.15) is 59.8 Å². The Kier molecular flexibility index (Phi) is 38.9. The SMILES string of the molecule is CCC[C@H](NC(=O)CNC(=O)[C@H](NC(=O)[C@H](CCCCC(=O)NCC[C@H](CC)C(=O)N[C@@H](Cc1ccc(O)cc1)C(=O)N[C@H](C(N)=O)C1CCCCC1)NC(=O)[C@H](Cc1ccc(O)cc1)NC(=O)C(NC(=O)CCSCc1cccc(CSC[C@H](NC(=O)C[C@@H](C)O)C(N)=O)c1)C(C)(C)C)[C@@H](C)O)C(N)=O. The minimum Gasteiger partial charge on any atom is -0.508 e. The molecule has 32 heteroatoms. The molecule has 0 aromatic heterocycles. The molecule has 1 saturated carbocycles. The van der Waals surface area contributed by atoms with E-state index in [0.717, 1.165) is 30.4 Å². The van der Waals surface area contributed by atoms with E-state index in [-0.39, 0.29) is 93.9 Å². The van der Waals surface area contributed by atoms with Crippen LogP contribution in [0.3, 0.4) is 0 Å². The third-order valence-electron chi connectivity index (χ3n) is 17.8. The second kappa shape index (κ2) is 46.2. The van der Waals surface area contributed by atoms with Crippen molar-refractivity contribution in [2.24, 2.45) is 34.5 Å². The van der Waals surface area contributed by atoms with Crippen molar-refractivity contribution in [2.75, 3.05) is 24.6 Å². The molecular weight excluding hydrogens is 1410 g/mol. The average Bonchev–Trinajstić information content (AvgIpc) is 0.837. The summed E-state index contributed by atoms with van der Waals surface area (Å²) in [5, 5.41) is 67.0. The Morgan fingerprint density at radius 3 is 1.60 bits per heavy atom. The summed E-state index contributed by atoms with van der Waals surface area (Å²) in [6, 6.07) is 9.57. The maximum Gasteiger partial charge on any atom is 0.245 e. The van der Waals surface area contributed by atoms with Crippen molar-refractivity contribution in [1.29, 1.82) is 0 Å². The molecule has 0 spiro atoms. The highest BCUT2D eigenvalue weighted by Crippen LogP contribution is 2.28. The molecule has 1 unspecified atom stereocenters. The highest BCUT2D eigenvalue weighted by atomic mass is 32.2. The lowest BCUT2D eigenvalue weighted by Crippen LogP contribution is -2.61. The van der Waals surface area contributed by atoms with Crippen LogP contribution in [0, 0.1) is 17.3 Å². The normalized spacial score (nSPS) is 15.4. The van der Waals surface area contributed by atoms with Gasteiger partial charge >= 0.3 is 0 Å². The van der Waals surface area contributed by atoms with Gasteiger partial charge in [0, 0.05) is 61.2 Å². The molecule has 3 aromatic carbocycles. The first-order valence-corrected chi connectivity index (χ1v) is 38.5. The summed E-state index contributed by atoms with van der Waals surface area (Å²) in [4.78, 5) is 174. The molecule has 1 fully saturated rings. The first-order valence-electron chi connectivity index (χ1n) is 36.2. The molecule has 106 heavy (non-hydrogen) atoms. The third-order valence-corrected chi connectivity index (χ3v) is 20.0. The van der Waals surface area contributed by atoms with Crippen LogP contribution in [0.25, 0.3) is 0 Å². The summed E-state index contributed by atoms with van der Waals surface area (Å²) in [5.41, 5.74) is 18.8. The number of carbonyl (C=O) groups is 13. The maximum atomic E-state index is 14.8. The van der Waals surface area contributed by atoms with Gasteiger partial charge in [0.15, 0.2) is 0 Å². The Hall–Kier alpha value is -9.01. The lowest BCUT2D eigenvalue weighted by Gasteiger charge is -2.32. The Balaban J connectivity index is 1.49. The summed E-state index contributed by atoms with van der Waals surface area (Å²) >= 11 is 2.86. The van der Waals surface area contributed by atoms with Gasteiger partial charge in [-0.3, -0.25) is 62.3 Å². The molecule has 3 aromatic rings. The molecule has 0 heterocycles. The summed E-state index contributed by atoms with van der Waals surface area (Å²) in [6.07, 6.45) is 2.41. The Bertz CT molecular complexity index is 3410. The Labute approximate surface area is 628 Å². The standard InChI is InChI=1S/C74H111N13O17S2/c1-8-16-53(65(75)96)80-61(95)39-79-72(103)62(44(4)89)86-69(100)54(21-13-14-22-58(92)78-33-31-49(9-2)68(99)83-56(38-46-25-29-52(91)30-26-46)71(102)87-63(67(77)98)50-19-11-10-12-20-50)82-70(101)55(37-45-23-27-51(90)28-24-45)84-73(104)64(74(5,6)7)85-59(93)32-34-105-40-47-17-15-18-48(36-47)41-106-42-57(66(76)97)81-60(94)35-43(3)88/h15,17-18,23-30,36,43-44,49-50,53-57,62-64,88-91H,8-14,16,19-22,31-35,37-42H2,1-7H3,(H2,75,96)(H2,76,97)(H2,77,98)(H,78,92)(H,79,103)(H,80,95)(H,81,94)(H,82,101)(H,83,99)(H,84,104)(H,85,93)(H,86,100)(H,87,102)/t43-,44-,49+,53+,54+,55+,56+,57+,62-,63+,64?/m1/s1. The molecule has 0 bridgehead atoms. The van der Waals surface area contributed by atoms with E-state index in [0.29, 0.717) is 54.1 Å². The zero-order valence-corrected chi connectivity index (χ0v) is 63.4. The number of unbranched alkanes of at least 4 members (excludes halogenated alkanes) is 1. The minimum atomic E-state index is -1.73. The number of rotatable bonds is 47. The topological polar surface area (TPSA) is 501 Å². The van der Waals surface area contributed by atoms with E-state index in [1.54, 1.807) is 46.8 Å². The van der Waals surface area contributed by atoms with E-state index in [2.05, 4.69) is 53.2 Å². The molecule has 586 valence electrons. The van der Waals surface area contributed by atoms with Crippen LogP contribution >= 0.6 is 23.5 Å². The van der Waals surface area contributed by atoms with Gasteiger partial charge in [-0.25, -0.2) is 0 Å². The molecule has 11 atom stereocenters. The second-order valence-electron chi connectivity index (χ2n) is 28.0. The number of nitrogens with two attached hydrogens (primary N) is 3. The molecule has 1 aliphatic rings. The lowest BCUT2D eigenvalue weighted by atomic mass is 9.83. The molecule has 13 amide bonds. The summed E-state index contributed by atoms with van der Waals surface area (Å²) in [6.45, 7) is 10.7. The van der Waals surface area contributed by atoms with Crippen LogP contribution < -0.4 is 70.4 Å². The number of hydrogen-bond donors (Lipinski definition) is 17. The van der Waals surface area contributed by atoms with Crippen molar-refractivity contribution in [1.82, 2.24) is 53.2 Å². The van der Waals surface area contributed by atoms with Gasteiger partial charge in [-0.05, 0) is 117 Å². The maximum absolute atomic E-state index is 14.8. The van der Waals surface area contributed by atoms with Crippen LogP contribution in [0.2, 0.25) is 0 Å². The van der Waals surface area contributed by atoms with Gasteiger partial charge in [-0.15, -0.1) is 0 Å². The average molecular weight is 1520 g/mol. The van der Waals surface area contributed by atoms with Crippen LogP contribution in [0.15, 0.2) is 72.8 Å². The van der Waals surface area contributed by atoms with Crippen LogP contribution in [0.5, 0.6) is 11.5 Å². The summed E-state index contributed by atoms with van der Waals surface area (Å²) in [7, 11) is 0. The third kappa shape index (κ3) is 33.2. The fourth-order valence-corrected chi connectivity index (χ4v) is 13.8. The van der Waals surface area contributed by atoms with Crippen molar-refractivity contribution in [3.05, 3.63) is 95.1 Å². The molecule has 0 radical (unpaired) electrons. The summed E-state index contributed by atoms with van der Waals surface area (Å²) < 4.78 is 0. The number of amides is 13. The molecule has 20 N–H and O–H groups in total. The molecule has 0 aliphatic heterocycles. The molecule has 4 rings (SSSR count). The van der Waals surface area contributed by atoms with Crippen LogP contribution in [-0.4, -0.2) is 182 Å². The smallest absolute Gasteiger partial charge is 0.245 e. The number of aliphatic hydroxyl groups excluding tert-OH is 2. The second-order valence-corrected chi connectivity index (χ2v) is 30.2. The number of hydrogen-bond acceptors (Lipinski definition) is 19. The van der Waals surface area contributed by atoms with E-state index in [9.17, 15) is 82.8 Å². The molecule has 1 aliphatic carbocycles. The number of benzene rings is 3. The van der Waals surface area contributed by atoms with Gasteiger partial charge < -0.3 is 90.8 Å². The van der Waals surface area contributed by atoms with Gasteiger partial charge in [-0.1, -0.05) is 115 Å². The van der Waals surface area contributed by atoms with E-state index in [4.69, 9.17) is 17.2 Å². The Morgan fingerprint density at radius 1 is 0.519 bits per heavy atom. The molecular formula is C74H111N13O17S2. The zero-order chi connectivity index (χ0) is 78.6. The van der Waals surface area contributed by atoms with Crippen molar-refractivity contribution in [3.8, 4) is 11.5 Å². The first-order chi connectivity index (χ1) is 50.2. The number of aromatic hydroxyl groups is 2. The number of aliphatic hydroxyl groups is 2. The first kappa shape index (κ1) is 89.4. The number of thioether (sulfide) groups is 2. The predicted octanol–water partition coefficient (Wildman–Crippen LogP) is 1.56. The number of primary amides is 3. The fraction of sp³-hybridized carbons (Fsp3) is 0.581. The van der Waals surface area contributed by atoms with Crippen molar-refractivity contribution in [2.45, 2.75) is 230 Å². The number of phenolic OH excluding ortho intramolecular Hbond substituents is 2. The largest absolute Gasteiger partial charge is 0.508 e. The predicted molar refractivity (Wildman–Crippen MR) is 402 cm³/mol. The number of phenols is 2. The van der Waals surface area contributed by atoms with Gasteiger partial charge in [0.2, 0.25) is 76.8 Å². The van der Waals surface area contributed by atoms with Crippen LogP contribution in [0.1, 0.15) is 167 Å². The monoisotopic (exact) mass is 1520 g/mol. The van der Waals surface area contributed by atoms with E-state index < -0.39 is 155 Å². The number of carbonyl (C=O) groups excluding carboxylic acids is 13. The number of nitrogens with one attached hydrogen (secondary N) is 10. The van der Waals surface area contributed by atoms with E-state index in [1.165, 1.54) is 73.8 Å². The summed E-state index contributed by atoms with van der Waals surface area (Å²) in [5.74, 6) is -8.52. The van der Waals surface area contributed by atoms with Crippen LogP contribution in [0.4, 0.5) is 0 Å². The van der Waals surface area contributed by atoms with Crippen molar-refractivity contribution >= 4 is 100 Å². The van der Waals surface area contributed by atoms with E-state index >= 15 is 0 Å². The van der Waals surface area contributed by atoms with Gasteiger partial charge in [-0.2, -0.15) is 23.5 Å². The molecule has 30 nitrogen and oxygen atoms in total. The van der Waals surface area contributed by atoms with Crippen LogP contribution in [-0.2, 0) is 86.7 Å². The Morgan fingerprint density at radius 2 is 1.07 bits per heavy atom. The zero-order valence-electron chi connectivity index (χ0n) is 61.8. The highest BCUT2D eigenvalue weighted by molar-refractivity contribution is 7.98. The van der Waals surface area contributed by atoms with Crippen molar-refractivity contribution in [3.63, 3.8) is 0 Å². The van der Waals surface area contributed by atoms with Gasteiger partial charge in [0.25, 0.3) is 0 Å². The fourth-order valence-electron chi connectivity index (χ4n) is 11.9. The van der Waals surface area contributed by atoms with Gasteiger partial charge in [0.05, 0.1) is 25.2 Å². The molecule has 0 saturated heterocycles. The minimum absolute atomic E-state index is 0.00141. The van der Waals surface area contributed by atoms with Crippen molar-refractivity contribution < 1.29 is 82.8 Å². The van der Waals surface area contributed by atoms with E-state index in [1.807, 2.05) is 24.3 Å². The highest BCUT2D eigenvalue weighted by Gasteiger charge is 2.38.